The number of hydrogen-bond acceptors (Lipinski definition) is 6. The molecule has 6 nitrogen and oxygen atoms in total. The molecule has 1 atom stereocenters. The van der Waals surface area contributed by atoms with E-state index in [0.29, 0.717) is 19.3 Å². The van der Waals surface area contributed by atoms with Gasteiger partial charge in [-0.2, -0.15) is 0 Å². The van der Waals surface area contributed by atoms with Crippen LogP contribution in [0, 0.1) is 0 Å². The highest BCUT2D eigenvalue weighted by Crippen LogP contribution is 2.16. The Morgan fingerprint density at radius 1 is 0.259 bits per heavy atom. The lowest BCUT2D eigenvalue weighted by atomic mass is 10.1. The third kappa shape index (κ3) is 66.5. The summed E-state index contributed by atoms with van der Waals surface area (Å²) in [5.74, 6) is -0.908. The van der Waals surface area contributed by atoms with Gasteiger partial charge in [-0.05, 0) is 135 Å². The third-order valence-electron chi connectivity index (χ3n) is 14.4. The van der Waals surface area contributed by atoms with E-state index in [1.807, 2.05) is 0 Å². The average molecular weight is 1120 g/mol. The highest BCUT2D eigenvalue weighted by Gasteiger charge is 2.19. The maximum absolute atomic E-state index is 13.0. The van der Waals surface area contributed by atoms with Crippen LogP contribution in [0.1, 0.15) is 316 Å². The first kappa shape index (κ1) is 76.8. The van der Waals surface area contributed by atoms with E-state index in [1.54, 1.807) is 0 Å². The van der Waals surface area contributed by atoms with Crippen molar-refractivity contribution in [2.75, 3.05) is 13.2 Å². The van der Waals surface area contributed by atoms with Gasteiger partial charge in [0.25, 0.3) is 0 Å². The molecule has 462 valence electrons. The first-order chi connectivity index (χ1) is 40.0. The van der Waals surface area contributed by atoms with Crippen LogP contribution in [-0.4, -0.2) is 37.2 Å². The summed E-state index contributed by atoms with van der Waals surface area (Å²) >= 11 is 0. The topological polar surface area (TPSA) is 78.9 Å². The highest BCUT2D eigenvalue weighted by atomic mass is 16.6. The van der Waals surface area contributed by atoms with Gasteiger partial charge < -0.3 is 14.2 Å². The zero-order valence-electron chi connectivity index (χ0n) is 53.0. The molecule has 0 saturated heterocycles. The maximum atomic E-state index is 13.0. The van der Waals surface area contributed by atoms with Crippen LogP contribution in [0.25, 0.3) is 0 Å². The first-order valence-electron chi connectivity index (χ1n) is 34.0. The molecule has 0 rings (SSSR count). The molecule has 0 heterocycles. The van der Waals surface area contributed by atoms with Crippen molar-refractivity contribution in [3.05, 3.63) is 122 Å². The number of hydrogen-bond donors (Lipinski definition) is 0. The lowest BCUT2D eigenvalue weighted by Crippen LogP contribution is -2.30. The summed E-state index contributed by atoms with van der Waals surface area (Å²) in [6, 6.07) is 0. The molecule has 0 aromatic carbocycles. The van der Waals surface area contributed by atoms with Crippen molar-refractivity contribution in [1.29, 1.82) is 0 Å². The van der Waals surface area contributed by atoms with Gasteiger partial charge in [0.2, 0.25) is 0 Å². The molecule has 0 aliphatic heterocycles. The van der Waals surface area contributed by atoms with E-state index in [9.17, 15) is 14.4 Å². The Hall–Kier alpha value is -4.19. The Kier molecular flexibility index (Phi) is 64.8. The second-order valence-electron chi connectivity index (χ2n) is 22.3. The van der Waals surface area contributed by atoms with Crippen molar-refractivity contribution < 1.29 is 28.6 Å². The number of ether oxygens (including phenoxy) is 3. The van der Waals surface area contributed by atoms with Crippen molar-refractivity contribution in [2.24, 2.45) is 0 Å². The molecule has 0 saturated carbocycles. The zero-order valence-corrected chi connectivity index (χ0v) is 53.0. The van der Waals surface area contributed by atoms with Crippen LogP contribution in [0.2, 0.25) is 0 Å². The van der Waals surface area contributed by atoms with E-state index >= 15 is 0 Å². The van der Waals surface area contributed by atoms with Gasteiger partial charge >= 0.3 is 17.9 Å². The molecular weight excluding hydrogens is 997 g/mol. The van der Waals surface area contributed by atoms with Gasteiger partial charge in [-0.25, -0.2) is 0 Å². The van der Waals surface area contributed by atoms with E-state index in [4.69, 9.17) is 14.2 Å². The quantitative estimate of drug-likeness (QED) is 0.0261. The van der Waals surface area contributed by atoms with Crippen LogP contribution in [0.3, 0.4) is 0 Å². The number of carbonyl (C=O) groups is 3. The molecule has 0 spiro atoms. The summed E-state index contributed by atoms with van der Waals surface area (Å²) in [6.07, 6.45) is 94.8. The van der Waals surface area contributed by atoms with Crippen molar-refractivity contribution in [3.63, 3.8) is 0 Å². The Morgan fingerprint density at radius 3 is 0.778 bits per heavy atom. The standard InChI is InChI=1S/C75H126O6/c1-4-7-10-13-16-19-22-25-28-31-33-35-36-37-38-40-41-44-47-50-53-56-59-62-65-68-74(77)80-71-72(70-79-73(76)67-64-61-58-55-52-49-46-43-30-27-24-21-18-15-12-9-6-3)81-75(78)69-66-63-60-57-54-51-48-45-42-39-34-32-29-26-23-20-17-14-11-8-5-2/h7,10,16,18-19,21,23,25-28,30,32-35,37-38,41,44,72H,4-6,8-9,11-15,17,20,22,24,29,31,36,39-40,42-43,45-71H2,1-3H3/b10-7-,19-16-,21-18-,26-23-,28-25-,30-27-,34-32-,35-33-,38-37-,44-41-. The lowest BCUT2D eigenvalue weighted by Gasteiger charge is -2.18. The summed E-state index contributed by atoms with van der Waals surface area (Å²) in [6.45, 7) is 6.49. The molecule has 0 amide bonds. The molecule has 0 fully saturated rings. The summed E-state index contributed by atoms with van der Waals surface area (Å²) in [7, 11) is 0. The Labute approximate surface area is 501 Å². The van der Waals surface area contributed by atoms with Crippen molar-refractivity contribution in [2.45, 2.75) is 322 Å². The molecule has 1 unspecified atom stereocenters. The van der Waals surface area contributed by atoms with E-state index < -0.39 is 6.10 Å². The second kappa shape index (κ2) is 68.3. The van der Waals surface area contributed by atoms with Gasteiger partial charge in [0, 0.05) is 19.3 Å². The first-order valence-corrected chi connectivity index (χ1v) is 34.0. The van der Waals surface area contributed by atoms with Gasteiger partial charge in [0.05, 0.1) is 0 Å². The van der Waals surface area contributed by atoms with Crippen LogP contribution in [-0.2, 0) is 28.6 Å². The lowest BCUT2D eigenvalue weighted by molar-refractivity contribution is -0.167. The minimum atomic E-state index is -0.796. The van der Waals surface area contributed by atoms with E-state index in [0.717, 1.165) is 128 Å². The molecule has 0 radical (unpaired) electrons. The average Bonchev–Trinajstić information content (AvgIpc) is 3.47. The molecule has 0 N–H and O–H groups in total. The smallest absolute Gasteiger partial charge is 0.306 e. The van der Waals surface area contributed by atoms with Crippen LogP contribution in [0.5, 0.6) is 0 Å². The molecule has 0 aromatic rings. The highest BCUT2D eigenvalue weighted by molar-refractivity contribution is 5.71. The molecule has 0 aliphatic carbocycles. The molecule has 81 heavy (non-hydrogen) atoms. The van der Waals surface area contributed by atoms with Crippen LogP contribution in [0.4, 0.5) is 0 Å². The van der Waals surface area contributed by atoms with Gasteiger partial charge in [0.15, 0.2) is 6.10 Å². The predicted molar refractivity (Wildman–Crippen MR) is 353 cm³/mol. The second-order valence-corrected chi connectivity index (χ2v) is 22.3. The van der Waals surface area contributed by atoms with E-state index in [2.05, 4.69) is 142 Å². The van der Waals surface area contributed by atoms with Crippen molar-refractivity contribution in [3.8, 4) is 0 Å². The Bertz CT molecular complexity index is 1670. The third-order valence-corrected chi connectivity index (χ3v) is 14.4. The number of allylic oxidation sites excluding steroid dienone is 20. The van der Waals surface area contributed by atoms with E-state index in [1.165, 1.54) is 148 Å². The summed E-state index contributed by atoms with van der Waals surface area (Å²) in [4.78, 5) is 38.4. The maximum Gasteiger partial charge on any atom is 0.306 e. The summed E-state index contributed by atoms with van der Waals surface area (Å²) in [5.41, 5.74) is 0. The van der Waals surface area contributed by atoms with Crippen LogP contribution >= 0.6 is 0 Å². The number of carbonyl (C=O) groups excluding carboxylic acids is 3. The normalized spacial score (nSPS) is 12.9. The predicted octanol–water partition coefficient (Wildman–Crippen LogP) is 23.6. The zero-order chi connectivity index (χ0) is 58.5. The Balaban J connectivity index is 4.43. The molecule has 0 bridgehead atoms. The van der Waals surface area contributed by atoms with Crippen molar-refractivity contribution >= 4 is 17.9 Å². The minimum absolute atomic E-state index is 0.0902. The number of unbranched alkanes of at least 4 members (excludes halogenated alkanes) is 30. The van der Waals surface area contributed by atoms with Gasteiger partial charge in [-0.15, -0.1) is 0 Å². The van der Waals surface area contributed by atoms with Gasteiger partial charge in [-0.1, -0.05) is 284 Å². The fraction of sp³-hybridized carbons (Fsp3) is 0.693. The SMILES string of the molecule is CC/C=C\C/C=C\C/C=C\C/C=C\C/C=C\C/C=C\CCCCCCCCC(=O)OCC(COC(=O)CCCCCCCCC/C=C\C/C=C\CCCCC)OC(=O)CCCCCCCCCCC/C=C\C/C=C\CCCCCCC. The summed E-state index contributed by atoms with van der Waals surface area (Å²) < 4.78 is 17.0. The molecular formula is C75H126O6. The van der Waals surface area contributed by atoms with Crippen LogP contribution in [0.15, 0.2) is 122 Å². The summed E-state index contributed by atoms with van der Waals surface area (Å²) in [5, 5.41) is 0. The van der Waals surface area contributed by atoms with Crippen LogP contribution < -0.4 is 0 Å². The number of rotatable bonds is 61. The molecule has 0 aliphatic rings. The minimum Gasteiger partial charge on any atom is -0.462 e. The van der Waals surface area contributed by atoms with Crippen molar-refractivity contribution in [1.82, 2.24) is 0 Å². The Morgan fingerprint density at radius 2 is 0.481 bits per heavy atom. The van der Waals surface area contributed by atoms with Gasteiger partial charge in [-0.3, -0.25) is 14.4 Å². The van der Waals surface area contributed by atoms with Gasteiger partial charge in [0.1, 0.15) is 13.2 Å². The monoisotopic (exact) mass is 1120 g/mol. The van der Waals surface area contributed by atoms with E-state index in [-0.39, 0.29) is 31.1 Å². The largest absolute Gasteiger partial charge is 0.462 e. The fourth-order valence-electron chi connectivity index (χ4n) is 9.33. The fourth-order valence-corrected chi connectivity index (χ4v) is 9.33. The molecule has 6 heteroatoms. The number of esters is 3. The molecule has 0 aromatic heterocycles.